The number of nitrogens with one attached hydrogen (secondary N) is 1. The Kier molecular flexibility index (Phi) is 5.59. The smallest absolute Gasteiger partial charge is 0.258 e. The summed E-state index contributed by atoms with van der Waals surface area (Å²) in [5.74, 6) is -2.64. The number of halogens is 1. The van der Waals surface area contributed by atoms with Crippen molar-refractivity contribution in [2.75, 3.05) is 16.8 Å². The second kappa shape index (κ2) is 7.68. The van der Waals surface area contributed by atoms with Gasteiger partial charge in [-0.3, -0.25) is 9.59 Å². The van der Waals surface area contributed by atoms with Crippen molar-refractivity contribution in [3.8, 4) is 0 Å². The summed E-state index contributed by atoms with van der Waals surface area (Å²) in [6.07, 6.45) is -0.0356. The number of benzene rings is 2. The highest BCUT2D eigenvalue weighted by molar-refractivity contribution is 7.96. The van der Waals surface area contributed by atoms with Crippen LogP contribution in [0.1, 0.15) is 34.1 Å². The number of sulfone groups is 2. The highest BCUT2D eigenvalue weighted by Crippen LogP contribution is 2.27. The number of carbonyl (C=O) groups excluding carboxylic acids is 2. The van der Waals surface area contributed by atoms with Gasteiger partial charge in [-0.1, -0.05) is 0 Å². The second-order valence-electron chi connectivity index (χ2n) is 6.80. The molecule has 154 valence electrons. The van der Waals surface area contributed by atoms with Crippen LogP contribution >= 0.6 is 0 Å². The van der Waals surface area contributed by atoms with E-state index in [-0.39, 0.29) is 22.9 Å². The maximum Gasteiger partial charge on any atom is 0.258 e. The molecule has 1 saturated heterocycles. The lowest BCUT2D eigenvalue weighted by Gasteiger charge is -2.12. The van der Waals surface area contributed by atoms with Crippen molar-refractivity contribution in [2.24, 2.45) is 0 Å². The minimum Gasteiger partial charge on any atom is -0.322 e. The van der Waals surface area contributed by atoms with Gasteiger partial charge in [0, 0.05) is 11.3 Å². The predicted octanol–water partition coefficient (Wildman–Crippen LogP) is 2.24. The molecule has 29 heavy (non-hydrogen) atoms. The van der Waals surface area contributed by atoms with Gasteiger partial charge in [0.1, 0.15) is 5.82 Å². The van der Waals surface area contributed by atoms with Crippen LogP contribution in [0.15, 0.2) is 47.4 Å². The van der Waals surface area contributed by atoms with E-state index in [1.54, 1.807) is 0 Å². The highest BCUT2D eigenvalue weighted by atomic mass is 32.2. The maximum absolute atomic E-state index is 14.2. The number of rotatable bonds is 5. The molecule has 2 aromatic rings. The van der Waals surface area contributed by atoms with Crippen molar-refractivity contribution < 1.29 is 30.8 Å². The van der Waals surface area contributed by atoms with Crippen LogP contribution in [-0.4, -0.2) is 45.3 Å². The number of anilines is 1. The molecular formula is C19H18FNO6S2. The van der Waals surface area contributed by atoms with Crippen LogP contribution in [0.2, 0.25) is 0 Å². The van der Waals surface area contributed by atoms with Crippen molar-refractivity contribution in [3.63, 3.8) is 0 Å². The predicted molar refractivity (Wildman–Crippen MR) is 105 cm³/mol. The molecule has 10 heteroatoms. The molecule has 0 saturated carbocycles. The molecule has 0 bridgehead atoms. The van der Waals surface area contributed by atoms with E-state index < -0.39 is 48.0 Å². The van der Waals surface area contributed by atoms with Gasteiger partial charge in [0.2, 0.25) is 0 Å². The standard InChI is InChI=1S/C19H18FNO6S2/c1-12(22)13-2-4-14(5-3-13)21-19(23)17-10-15(6-7-18(17)20)29(26,27)16-8-9-28(24,25)11-16/h2-7,10,16H,8-9,11H2,1H3,(H,21,23)/t16-/m0/s1. The zero-order valence-electron chi connectivity index (χ0n) is 15.4. The number of ketones is 1. The Morgan fingerprint density at radius 1 is 1.10 bits per heavy atom. The summed E-state index contributed by atoms with van der Waals surface area (Å²) in [5, 5.41) is 1.33. The lowest BCUT2D eigenvalue weighted by Crippen LogP contribution is -2.23. The summed E-state index contributed by atoms with van der Waals surface area (Å²) < 4.78 is 62.8. The van der Waals surface area contributed by atoms with E-state index in [0.29, 0.717) is 11.3 Å². The van der Waals surface area contributed by atoms with Gasteiger partial charge in [-0.2, -0.15) is 0 Å². The molecule has 0 aliphatic carbocycles. The van der Waals surface area contributed by atoms with Crippen molar-refractivity contribution in [2.45, 2.75) is 23.5 Å². The lowest BCUT2D eigenvalue weighted by molar-refractivity contribution is 0.101. The molecule has 2 aromatic carbocycles. The highest BCUT2D eigenvalue weighted by Gasteiger charge is 2.38. The summed E-state index contributed by atoms with van der Waals surface area (Å²) >= 11 is 0. The molecule has 0 aromatic heterocycles. The molecule has 1 N–H and O–H groups in total. The van der Waals surface area contributed by atoms with Gasteiger partial charge in [-0.15, -0.1) is 0 Å². The fraction of sp³-hybridized carbons (Fsp3) is 0.263. The molecule has 1 fully saturated rings. The van der Waals surface area contributed by atoms with Crippen LogP contribution in [-0.2, 0) is 19.7 Å². The number of hydrogen-bond donors (Lipinski definition) is 1. The zero-order valence-corrected chi connectivity index (χ0v) is 17.0. The molecule has 1 atom stereocenters. The fourth-order valence-electron chi connectivity index (χ4n) is 3.04. The van der Waals surface area contributed by atoms with Crippen molar-refractivity contribution in [1.29, 1.82) is 0 Å². The van der Waals surface area contributed by atoms with Gasteiger partial charge in [0.25, 0.3) is 5.91 Å². The first-order valence-corrected chi connectivity index (χ1v) is 12.0. The number of carbonyl (C=O) groups is 2. The Morgan fingerprint density at radius 3 is 2.31 bits per heavy atom. The van der Waals surface area contributed by atoms with E-state index in [4.69, 9.17) is 0 Å². The van der Waals surface area contributed by atoms with Crippen LogP contribution in [0.5, 0.6) is 0 Å². The number of amides is 1. The maximum atomic E-state index is 14.2. The average molecular weight is 439 g/mol. The Bertz CT molecular complexity index is 1190. The first-order valence-electron chi connectivity index (χ1n) is 8.66. The monoisotopic (exact) mass is 439 g/mol. The van der Waals surface area contributed by atoms with Gasteiger partial charge in [0.05, 0.1) is 27.2 Å². The van der Waals surface area contributed by atoms with Crippen LogP contribution in [0.3, 0.4) is 0 Å². The Hall–Kier alpha value is -2.59. The largest absolute Gasteiger partial charge is 0.322 e. The first kappa shape index (κ1) is 21.1. The van der Waals surface area contributed by atoms with E-state index >= 15 is 0 Å². The van der Waals surface area contributed by atoms with Crippen LogP contribution in [0.25, 0.3) is 0 Å². The quantitative estimate of drug-likeness (QED) is 0.564. The van der Waals surface area contributed by atoms with Crippen LogP contribution in [0, 0.1) is 5.82 Å². The van der Waals surface area contributed by atoms with E-state index in [9.17, 15) is 30.8 Å². The summed E-state index contributed by atoms with van der Waals surface area (Å²) in [5.41, 5.74) is 0.255. The SMILES string of the molecule is CC(=O)c1ccc(NC(=O)c2cc(S(=O)(=O)[C@H]3CCS(=O)(=O)C3)ccc2F)cc1. The second-order valence-corrected chi connectivity index (χ2v) is 11.3. The third kappa shape index (κ3) is 4.54. The summed E-state index contributed by atoms with van der Waals surface area (Å²) in [6, 6.07) is 8.73. The molecular weight excluding hydrogens is 421 g/mol. The van der Waals surface area contributed by atoms with Crippen molar-refractivity contribution in [1.82, 2.24) is 0 Å². The van der Waals surface area contributed by atoms with E-state index in [2.05, 4.69) is 5.32 Å². The minimum atomic E-state index is -4.03. The zero-order chi connectivity index (χ0) is 21.4. The first-order chi connectivity index (χ1) is 13.5. The summed E-state index contributed by atoms with van der Waals surface area (Å²) in [4.78, 5) is 23.4. The molecule has 3 rings (SSSR count). The van der Waals surface area contributed by atoms with E-state index in [1.807, 2.05) is 0 Å². The molecule has 0 radical (unpaired) electrons. The summed E-state index contributed by atoms with van der Waals surface area (Å²) in [7, 11) is -7.46. The van der Waals surface area contributed by atoms with Crippen LogP contribution in [0.4, 0.5) is 10.1 Å². The Labute approximate surface area is 167 Å². The molecule has 1 aliphatic heterocycles. The molecule has 1 heterocycles. The average Bonchev–Trinajstić information content (AvgIpc) is 3.03. The van der Waals surface area contributed by atoms with Gasteiger partial charge in [-0.05, 0) is 55.8 Å². The lowest BCUT2D eigenvalue weighted by atomic mass is 10.1. The van der Waals surface area contributed by atoms with Crippen molar-refractivity contribution >= 4 is 37.1 Å². The normalized spacial score (nSPS) is 18.3. The van der Waals surface area contributed by atoms with E-state index in [0.717, 1.165) is 18.2 Å². The van der Waals surface area contributed by atoms with Gasteiger partial charge < -0.3 is 5.32 Å². The number of hydrogen-bond acceptors (Lipinski definition) is 6. The van der Waals surface area contributed by atoms with Crippen molar-refractivity contribution in [3.05, 3.63) is 59.4 Å². The van der Waals surface area contributed by atoms with Gasteiger partial charge in [-0.25, -0.2) is 21.2 Å². The third-order valence-corrected chi connectivity index (χ3v) is 8.86. The van der Waals surface area contributed by atoms with Crippen LogP contribution < -0.4 is 5.32 Å². The minimum absolute atomic E-state index is 0.0356. The topological polar surface area (TPSA) is 114 Å². The molecule has 0 spiro atoms. The molecule has 1 aliphatic rings. The fourth-order valence-corrected chi connectivity index (χ4v) is 7.42. The van der Waals surface area contributed by atoms with Gasteiger partial charge >= 0.3 is 0 Å². The molecule has 7 nitrogen and oxygen atoms in total. The Balaban J connectivity index is 1.87. The molecule has 0 unspecified atom stereocenters. The summed E-state index contributed by atoms with van der Waals surface area (Å²) in [6.45, 7) is 1.39. The molecule has 1 amide bonds. The Morgan fingerprint density at radius 2 is 1.76 bits per heavy atom. The van der Waals surface area contributed by atoms with E-state index in [1.165, 1.54) is 31.2 Å². The number of Topliss-reactive ketones (excluding diaryl/α,β-unsaturated/α-hetero) is 1. The van der Waals surface area contributed by atoms with Gasteiger partial charge in [0.15, 0.2) is 25.5 Å². The third-order valence-electron chi connectivity index (χ3n) is 4.69.